The van der Waals surface area contributed by atoms with Crippen LogP contribution < -0.4 is 0 Å². The van der Waals surface area contributed by atoms with E-state index in [1.165, 1.54) is 5.56 Å². The van der Waals surface area contributed by atoms with Crippen molar-refractivity contribution in [2.75, 3.05) is 0 Å². The average molecular weight is 189 g/mol. The first-order valence-electron chi connectivity index (χ1n) is 5.13. The zero-order valence-electron chi connectivity index (χ0n) is 8.75. The van der Waals surface area contributed by atoms with Crippen LogP contribution in [0.4, 0.5) is 0 Å². The molecule has 1 heteroatoms. The van der Waals surface area contributed by atoms with Gasteiger partial charge in [0.15, 0.2) is 5.78 Å². The predicted octanol–water partition coefficient (Wildman–Crippen LogP) is 3.57. The van der Waals surface area contributed by atoms with Gasteiger partial charge in [-0.2, -0.15) is 0 Å². The molecule has 1 aromatic carbocycles. The summed E-state index contributed by atoms with van der Waals surface area (Å²) < 4.78 is 0. The summed E-state index contributed by atoms with van der Waals surface area (Å²) in [4.78, 5) is 11.6. The molecule has 0 amide bonds. The molecule has 1 radical (unpaired) electrons. The van der Waals surface area contributed by atoms with Crippen molar-refractivity contribution >= 4 is 5.78 Å². The molecule has 0 saturated carbocycles. The number of benzene rings is 1. The van der Waals surface area contributed by atoms with Crippen molar-refractivity contribution in [2.45, 2.75) is 32.6 Å². The van der Waals surface area contributed by atoms with Gasteiger partial charge >= 0.3 is 0 Å². The molecule has 0 N–H and O–H groups in total. The Morgan fingerprint density at radius 1 is 1.21 bits per heavy atom. The van der Waals surface area contributed by atoms with Gasteiger partial charge in [0.25, 0.3) is 0 Å². The highest BCUT2D eigenvalue weighted by Gasteiger charge is 2.03. The van der Waals surface area contributed by atoms with Gasteiger partial charge in [-0.25, -0.2) is 0 Å². The highest BCUT2D eigenvalue weighted by atomic mass is 16.1. The summed E-state index contributed by atoms with van der Waals surface area (Å²) in [5.41, 5.74) is 2.03. The Balaban J connectivity index is 2.48. The van der Waals surface area contributed by atoms with Crippen LogP contribution >= 0.6 is 0 Å². The molecule has 0 aliphatic heterocycles. The van der Waals surface area contributed by atoms with E-state index >= 15 is 0 Å². The molecule has 1 nitrogen and oxygen atoms in total. The summed E-state index contributed by atoms with van der Waals surface area (Å²) in [5.74, 6) is 0.249. The van der Waals surface area contributed by atoms with Crippen molar-refractivity contribution in [3.8, 4) is 0 Å². The zero-order valence-corrected chi connectivity index (χ0v) is 8.75. The lowest BCUT2D eigenvalue weighted by Crippen LogP contribution is -1.98. The number of carbonyl (C=O) groups excluding carboxylic acids is 1. The van der Waals surface area contributed by atoms with Crippen molar-refractivity contribution in [2.24, 2.45) is 0 Å². The maximum Gasteiger partial charge on any atom is 0.162 e. The lowest BCUT2D eigenvalue weighted by Gasteiger charge is -2.00. The average Bonchev–Trinajstić information content (AvgIpc) is 2.19. The fourth-order valence-electron chi connectivity index (χ4n) is 1.35. The highest BCUT2D eigenvalue weighted by Crippen LogP contribution is 2.09. The molecule has 0 bridgehead atoms. The summed E-state index contributed by atoms with van der Waals surface area (Å²) in [6.45, 7) is 5.78. The Kier molecular flexibility index (Phi) is 4.37. The molecular formula is C13H17O. The first-order chi connectivity index (χ1) is 6.74. The lowest BCUT2D eigenvalue weighted by molar-refractivity contribution is 0.0979. The molecule has 0 heterocycles. The zero-order chi connectivity index (χ0) is 10.4. The van der Waals surface area contributed by atoms with Gasteiger partial charge in [0.05, 0.1) is 0 Å². The Morgan fingerprint density at radius 2 is 1.86 bits per heavy atom. The van der Waals surface area contributed by atoms with E-state index in [1.807, 2.05) is 31.2 Å². The number of Topliss-reactive ketones (excluding diaryl/α,β-unsaturated/α-hetero) is 1. The first-order valence-corrected chi connectivity index (χ1v) is 5.13. The molecule has 0 spiro atoms. The molecule has 1 aromatic rings. The van der Waals surface area contributed by atoms with Crippen LogP contribution in [0.5, 0.6) is 0 Å². The van der Waals surface area contributed by atoms with Crippen LogP contribution in [0.2, 0.25) is 0 Å². The molecular weight excluding hydrogens is 172 g/mol. The fourth-order valence-corrected chi connectivity index (χ4v) is 1.35. The largest absolute Gasteiger partial charge is 0.294 e. The molecule has 1 rings (SSSR count). The number of hydrogen-bond donors (Lipinski definition) is 0. The molecule has 0 unspecified atom stereocenters. The smallest absolute Gasteiger partial charge is 0.162 e. The number of carbonyl (C=O) groups is 1. The highest BCUT2D eigenvalue weighted by molar-refractivity contribution is 5.96. The van der Waals surface area contributed by atoms with Crippen molar-refractivity contribution in [3.63, 3.8) is 0 Å². The number of rotatable bonds is 5. The van der Waals surface area contributed by atoms with E-state index in [9.17, 15) is 4.79 Å². The number of unbranched alkanes of at least 4 members (excludes halogenated alkanes) is 2. The van der Waals surface area contributed by atoms with Crippen LogP contribution in [0.25, 0.3) is 0 Å². The van der Waals surface area contributed by atoms with Gasteiger partial charge < -0.3 is 0 Å². The second kappa shape index (κ2) is 5.58. The molecule has 14 heavy (non-hydrogen) atoms. The Labute approximate surface area is 86.1 Å². The van der Waals surface area contributed by atoms with Gasteiger partial charge in [-0.1, -0.05) is 49.6 Å². The normalized spacial score (nSPS) is 10.1. The Hall–Kier alpha value is -1.11. The van der Waals surface area contributed by atoms with E-state index in [4.69, 9.17) is 0 Å². The summed E-state index contributed by atoms with van der Waals surface area (Å²) in [6, 6.07) is 7.77. The quantitative estimate of drug-likeness (QED) is 0.511. The minimum Gasteiger partial charge on any atom is -0.294 e. The standard InChI is InChI=1S/C13H17O/c1-3-4-5-6-13(14)12-9-7-11(2)8-10-12/h7-10H,1,3-6H2,2H3. The molecule has 0 fully saturated rings. The monoisotopic (exact) mass is 189 g/mol. The van der Waals surface area contributed by atoms with E-state index in [0.29, 0.717) is 6.42 Å². The van der Waals surface area contributed by atoms with E-state index in [-0.39, 0.29) is 5.78 Å². The Morgan fingerprint density at radius 3 is 2.43 bits per heavy atom. The number of ketones is 1. The van der Waals surface area contributed by atoms with Crippen LogP contribution in [0.3, 0.4) is 0 Å². The van der Waals surface area contributed by atoms with Gasteiger partial charge in [-0.05, 0) is 13.3 Å². The first kappa shape index (κ1) is 11.0. The fraction of sp³-hybridized carbons (Fsp3) is 0.385. The van der Waals surface area contributed by atoms with Crippen molar-refractivity contribution < 1.29 is 4.79 Å². The third-order valence-electron chi connectivity index (χ3n) is 2.28. The topological polar surface area (TPSA) is 17.1 Å². The summed E-state index contributed by atoms with van der Waals surface area (Å²) in [6.07, 6.45) is 3.56. The van der Waals surface area contributed by atoms with Crippen molar-refractivity contribution in [1.82, 2.24) is 0 Å². The minimum atomic E-state index is 0.249. The molecule has 0 aromatic heterocycles. The van der Waals surface area contributed by atoms with E-state index in [2.05, 4.69) is 6.92 Å². The van der Waals surface area contributed by atoms with E-state index < -0.39 is 0 Å². The van der Waals surface area contributed by atoms with E-state index in [1.54, 1.807) is 0 Å². The Bertz CT molecular complexity index is 285. The molecule has 0 aliphatic carbocycles. The number of hydrogen-bond acceptors (Lipinski definition) is 1. The lowest BCUT2D eigenvalue weighted by atomic mass is 10.0. The van der Waals surface area contributed by atoms with Crippen LogP contribution in [0.1, 0.15) is 41.6 Å². The molecule has 0 aliphatic rings. The third kappa shape index (κ3) is 3.33. The molecule has 75 valence electrons. The summed E-state index contributed by atoms with van der Waals surface area (Å²) in [7, 11) is 0. The molecule has 0 saturated heterocycles. The third-order valence-corrected chi connectivity index (χ3v) is 2.28. The van der Waals surface area contributed by atoms with Gasteiger partial charge in [0.1, 0.15) is 0 Å². The predicted molar refractivity (Wildman–Crippen MR) is 59.3 cm³/mol. The maximum absolute atomic E-state index is 11.6. The van der Waals surface area contributed by atoms with Gasteiger partial charge in [-0.15, -0.1) is 0 Å². The number of aryl methyl sites for hydroxylation is 1. The maximum atomic E-state index is 11.6. The molecule has 0 atom stereocenters. The van der Waals surface area contributed by atoms with Gasteiger partial charge in [-0.3, -0.25) is 4.79 Å². The van der Waals surface area contributed by atoms with Crippen LogP contribution in [0.15, 0.2) is 24.3 Å². The second-order valence-electron chi connectivity index (χ2n) is 3.60. The second-order valence-corrected chi connectivity index (χ2v) is 3.60. The summed E-state index contributed by atoms with van der Waals surface area (Å²) >= 11 is 0. The minimum absolute atomic E-state index is 0.249. The van der Waals surface area contributed by atoms with Crippen molar-refractivity contribution in [1.29, 1.82) is 0 Å². The SMILES string of the molecule is [CH2]CCCCC(=O)c1ccc(C)cc1. The van der Waals surface area contributed by atoms with Crippen molar-refractivity contribution in [3.05, 3.63) is 42.3 Å². The van der Waals surface area contributed by atoms with Gasteiger partial charge in [0, 0.05) is 12.0 Å². The van der Waals surface area contributed by atoms with Crippen LogP contribution in [-0.2, 0) is 0 Å². The van der Waals surface area contributed by atoms with Gasteiger partial charge in [0.2, 0.25) is 0 Å². The van der Waals surface area contributed by atoms with Crippen LogP contribution in [-0.4, -0.2) is 5.78 Å². The summed E-state index contributed by atoms with van der Waals surface area (Å²) in [5, 5.41) is 0. The van der Waals surface area contributed by atoms with Crippen LogP contribution in [0, 0.1) is 13.8 Å². The van der Waals surface area contributed by atoms with E-state index in [0.717, 1.165) is 24.8 Å².